The molecule has 5 heteroatoms. The number of carbonyl (C=O) groups is 1. The van der Waals surface area contributed by atoms with Crippen molar-refractivity contribution in [3.05, 3.63) is 41.6 Å². The molecule has 1 aromatic carbocycles. The SMILES string of the molecule is CC(C)=CC(=O)Nc1ccc2[nH]cc(CCN3CCOCC3)c2c1. The number of H-pyrrole nitrogens is 1. The van der Waals surface area contributed by atoms with Gasteiger partial charge in [-0.1, -0.05) is 5.57 Å². The summed E-state index contributed by atoms with van der Waals surface area (Å²) in [6.07, 6.45) is 4.68. The van der Waals surface area contributed by atoms with Crippen LogP contribution in [0, 0.1) is 0 Å². The lowest BCUT2D eigenvalue weighted by Gasteiger charge is -2.26. The quantitative estimate of drug-likeness (QED) is 0.830. The van der Waals surface area contributed by atoms with E-state index in [2.05, 4.69) is 27.5 Å². The Balaban J connectivity index is 1.71. The highest BCUT2D eigenvalue weighted by atomic mass is 16.5. The van der Waals surface area contributed by atoms with Crippen LogP contribution in [0.15, 0.2) is 36.0 Å². The minimum atomic E-state index is -0.0836. The molecule has 1 saturated heterocycles. The Morgan fingerprint density at radius 2 is 2.12 bits per heavy atom. The minimum absolute atomic E-state index is 0.0836. The lowest BCUT2D eigenvalue weighted by Crippen LogP contribution is -2.37. The number of anilines is 1. The predicted octanol–water partition coefficient (Wildman–Crippen LogP) is 2.95. The maximum Gasteiger partial charge on any atom is 0.248 e. The van der Waals surface area contributed by atoms with Gasteiger partial charge in [-0.15, -0.1) is 0 Å². The first-order chi connectivity index (χ1) is 11.6. The van der Waals surface area contributed by atoms with E-state index in [9.17, 15) is 4.79 Å². The van der Waals surface area contributed by atoms with Gasteiger partial charge in [0.1, 0.15) is 0 Å². The molecule has 0 unspecified atom stereocenters. The summed E-state index contributed by atoms with van der Waals surface area (Å²) in [6.45, 7) is 8.53. The predicted molar refractivity (Wildman–Crippen MR) is 97.3 cm³/mol. The highest BCUT2D eigenvalue weighted by Gasteiger charge is 2.12. The fraction of sp³-hybridized carbons (Fsp3) is 0.421. The summed E-state index contributed by atoms with van der Waals surface area (Å²) in [7, 11) is 0. The van der Waals surface area contributed by atoms with Gasteiger partial charge in [0.2, 0.25) is 5.91 Å². The number of ether oxygens (including phenoxy) is 1. The molecule has 0 saturated carbocycles. The van der Waals surface area contributed by atoms with E-state index in [0.29, 0.717) is 0 Å². The molecular weight excluding hydrogens is 302 g/mol. The maximum absolute atomic E-state index is 11.9. The summed E-state index contributed by atoms with van der Waals surface area (Å²) >= 11 is 0. The van der Waals surface area contributed by atoms with Gasteiger partial charge >= 0.3 is 0 Å². The first-order valence-electron chi connectivity index (χ1n) is 8.48. The summed E-state index contributed by atoms with van der Waals surface area (Å²) < 4.78 is 5.39. The van der Waals surface area contributed by atoms with Crippen LogP contribution in [0.5, 0.6) is 0 Å². The van der Waals surface area contributed by atoms with E-state index in [1.54, 1.807) is 6.08 Å². The third-order valence-electron chi connectivity index (χ3n) is 4.26. The van der Waals surface area contributed by atoms with Crippen LogP contribution >= 0.6 is 0 Å². The second kappa shape index (κ2) is 7.64. The Morgan fingerprint density at radius 1 is 1.33 bits per heavy atom. The Hall–Kier alpha value is -2.11. The zero-order chi connectivity index (χ0) is 16.9. The lowest BCUT2D eigenvalue weighted by atomic mass is 10.1. The molecule has 0 atom stereocenters. The topological polar surface area (TPSA) is 57.4 Å². The van der Waals surface area contributed by atoms with Crippen molar-refractivity contribution in [2.24, 2.45) is 0 Å². The Labute approximate surface area is 142 Å². The number of morpholine rings is 1. The van der Waals surface area contributed by atoms with E-state index < -0.39 is 0 Å². The molecule has 3 rings (SSSR count). The van der Waals surface area contributed by atoms with Crippen LogP contribution in [0.2, 0.25) is 0 Å². The van der Waals surface area contributed by atoms with Gasteiger partial charge < -0.3 is 15.0 Å². The van der Waals surface area contributed by atoms with E-state index >= 15 is 0 Å². The number of rotatable bonds is 5. The molecule has 2 N–H and O–H groups in total. The van der Waals surface area contributed by atoms with Crippen molar-refractivity contribution < 1.29 is 9.53 Å². The van der Waals surface area contributed by atoms with Crippen LogP contribution in [-0.4, -0.2) is 48.6 Å². The van der Waals surface area contributed by atoms with Crippen molar-refractivity contribution in [2.75, 3.05) is 38.2 Å². The van der Waals surface area contributed by atoms with Gasteiger partial charge in [-0.2, -0.15) is 0 Å². The van der Waals surface area contributed by atoms with E-state index in [1.807, 2.05) is 26.0 Å². The van der Waals surface area contributed by atoms with E-state index in [0.717, 1.165) is 56.0 Å². The number of allylic oxidation sites excluding steroid dienone is 1. The zero-order valence-electron chi connectivity index (χ0n) is 14.4. The third-order valence-corrected chi connectivity index (χ3v) is 4.26. The van der Waals surface area contributed by atoms with Crippen LogP contribution in [0.3, 0.4) is 0 Å². The Bertz CT molecular complexity index is 738. The average molecular weight is 327 g/mol. The molecule has 1 aliphatic rings. The molecular formula is C19H25N3O2. The van der Waals surface area contributed by atoms with E-state index in [1.165, 1.54) is 10.9 Å². The van der Waals surface area contributed by atoms with Gasteiger partial charge in [-0.25, -0.2) is 0 Å². The molecule has 5 nitrogen and oxygen atoms in total. The number of hydrogen-bond donors (Lipinski definition) is 2. The van der Waals surface area contributed by atoms with E-state index in [-0.39, 0.29) is 5.91 Å². The van der Waals surface area contributed by atoms with Crippen LogP contribution in [0.1, 0.15) is 19.4 Å². The number of hydrogen-bond acceptors (Lipinski definition) is 3. The monoisotopic (exact) mass is 327 g/mol. The summed E-state index contributed by atoms with van der Waals surface area (Å²) in [6, 6.07) is 6.00. The molecule has 1 amide bonds. The second-order valence-electron chi connectivity index (χ2n) is 6.49. The highest BCUT2D eigenvalue weighted by Crippen LogP contribution is 2.23. The number of aromatic nitrogens is 1. The molecule has 0 bridgehead atoms. The third kappa shape index (κ3) is 4.24. The van der Waals surface area contributed by atoms with Gasteiger partial charge in [0.15, 0.2) is 0 Å². The largest absolute Gasteiger partial charge is 0.379 e. The Kier molecular flexibility index (Phi) is 5.33. The van der Waals surface area contributed by atoms with E-state index in [4.69, 9.17) is 4.74 Å². The number of benzene rings is 1. The maximum atomic E-state index is 11.9. The first-order valence-corrected chi connectivity index (χ1v) is 8.48. The molecule has 1 aliphatic heterocycles. The summed E-state index contributed by atoms with van der Waals surface area (Å²) in [5.41, 5.74) is 4.21. The molecule has 1 fully saturated rings. The van der Waals surface area contributed by atoms with Crippen LogP contribution in [0.25, 0.3) is 10.9 Å². The second-order valence-corrected chi connectivity index (χ2v) is 6.49. The summed E-state index contributed by atoms with van der Waals surface area (Å²) in [5, 5.41) is 4.11. The zero-order valence-corrected chi connectivity index (χ0v) is 14.4. The van der Waals surface area contributed by atoms with Crippen LogP contribution in [0.4, 0.5) is 5.69 Å². The standard InChI is InChI=1S/C19H25N3O2/c1-14(2)11-19(23)21-16-3-4-18-17(12-16)15(13-20-18)5-6-22-7-9-24-10-8-22/h3-4,11-13,20H,5-10H2,1-2H3,(H,21,23). The fourth-order valence-corrected chi connectivity index (χ4v) is 3.01. The number of nitrogens with one attached hydrogen (secondary N) is 2. The smallest absolute Gasteiger partial charge is 0.248 e. The number of nitrogens with zero attached hydrogens (tertiary/aromatic N) is 1. The summed E-state index contributed by atoms with van der Waals surface area (Å²) in [5.74, 6) is -0.0836. The molecule has 2 heterocycles. The molecule has 128 valence electrons. The minimum Gasteiger partial charge on any atom is -0.379 e. The van der Waals surface area contributed by atoms with Gasteiger partial charge in [0.25, 0.3) is 0 Å². The molecule has 1 aromatic heterocycles. The number of carbonyl (C=O) groups excluding carboxylic acids is 1. The van der Waals surface area contributed by atoms with Crippen molar-refractivity contribution in [3.8, 4) is 0 Å². The molecule has 0 spiro atoms. The van der Waals surface area contributed by atoms with Crippen molar-refractivity contribution in [2.45, 2.75) is 20.3 Å². The normalized spacial score (nSPS) is 15.4. The van der Waals surface area contributed by atoms with Crippen molar-refractivity contribution in [1.82, 2.24) is 9.88 Å². The summed E-state index contributed by atoms with van der Waals surface area (Å²) in [4.78, 5) is 17.7. The van der Waals surface area contributed by atoms with Crippen molar-refractivity contribution in [3.63, 3.8) is 0 Å². The lowest BCUT2D eigenvalue weighted by molar-refractivity contribution is -0.111. The van der Waals surface area contributed by atoms with Crippen LogP contribution in [-0.2, 0) is 16.0 Å². The first kappa shape index (κ1) is 16.7. The molecule has 0 aliphatic carbocycles. The number of fused-ring (bicyclic) bond motifs is 1. The van der Waals surface area contributed by atoms with Gasteiger partial charge in [-0.3, -0.25) is 9.69 Å². The van der Waals surface area contributed by atoms with Gasteiger partial charge in [0, 0.05) is 48.5 Å². The van der Waals surface area contributed by atoms with Crippen LogP contribution < -0.4 is 5.32 Å². The average Bonchev–Trinajstić information content (AvgIpc) is 2.95. The fourth-order valence-electron chi connectivity index (χ4n) is 3.01. The van der Waals surface area contributed by atoms with Gasteiger partial charge in [0.05, 0.1) is 13.2 Å². The van der Waals surface area contributed by atoms with Crippen molar-refractivity contribution >= 4 is 22.5 Å². The van der Waals surface area contributed by atoms with Gasteiger partial charge in [-0.05, 0) is 44.0 Å². The molecule has 2 aromatic rings. The molecule has 0 radical (unpaired) electrons. The molecule has 24 heavy (non-hydrogen) atoms. The highest BCUT2D eigenvalue weighted by molar-refractivity contribution is 6.01. The number of amides is 1. The number of aromatic amines is 1. The van der Waals surface area contributed by atoms with Crippen molar-refractivity contribution in [1.29, 1.82) is 0 Å². The Morgan fingerprint density at radius 3 is 2.88 bits per heavy atom.